The summed E-state index contributed by atoms with van der Waals surface area (Å²) in [6, 6.07) is 0. The average molecular weight is 111 g/mol. The highest BCUT2D eigenvalue weighted by Gasteiger charge is 1.94. The molecule has 0 bridgehead atoms. The summed E-state index contributed by atoms with van der Waals surface area (Å²) in [4.78, 5) is 5.87. The fourth-order valence-corrected chi connectivity index (χ4v) is 0.604. The van der Waals surface area contributed by atoms with E-state index in [1.807, 2.05) is 18.1 Å². The quantitative estimate of drug-likeness (QED) is 0.468. The predicted molar refractivity (Wildman–Crippen MR) is 33.4 cm³/mol. The summed E-state index contributed by atoms with van der Waals surface area (Å²) in [5, 5.41) is 0. The lowest BCUT2D eigenvalue weighted by Gasteiger charge is -2.14. The Bertz CT molecular complexity index is 137. The minimum atomic E-state index is 0.721. The van der Waals surface area contributed by atoms with Crippen molar-refractivity contribution in [3.63, 3.8) is 0 Å². The number of aliphatic imine (C=N–C) groups is 1. The highest BCUT2D eigenvalue weighted by atomic mass is 15.2. The molecule has 0 radical (unpaired) electrons. The van der Waals surface area contributed by atoms with Crippen molar-refractivity contribution in [3.05, 3.63) is 11.9 Å². The van der Waals surface area contributed by atoms with E-state index in [0.29, 0.717) is 0 Å². The zero-order valence-corrected chi connectivity index (χ0v) is 4.83. The molecule has 0 unspecified atom stereocenters. The van der Waals surface area contributed by atoms with Crippen LogP contribution >= 0.6 is 0 Å². The number of hydrogen-bond donors (Lipinski definition) is 1. The minimum Gasteiger partial charge on any atom is -0.396 e. The fourth-order valence-electron chi connectivity index (χ4n) is 0.604. The predicted octanol–water partition coefficient (Wildman–Crippen LogP) is -0.240. The molecule has 1 aliphatic rings. The Morgan fingerprint density at radius 3 is 3.00 bits per heavy atom. The van der Waals surface area contributed by atoms with Gasteiger partial charge in [0, 0.05) is 19.5 Å². The molecule has 8 heavy (non-hydrogen) atoms. The van der Waals surface area contributed by atoms with Crippen LogP contribution < -0.4 is 5.73 Å². The second kappa shape index (κ2) is 1.86. The number of rotatable bonds is 0. The maximum absolute atomic E-state index is 5.40. The summed E-state index contributed by atoms with van der Waals surface area (Å²) in [7, 11) is 1.93. The first kappa shape index (κ1) is 5.15. The van der Waals surface area contributed by atoms with E-state index >= 15 is 0 Å². The summed E-state index contributed by atoms with van der Waals surface area (Å²) in [5.41, 5.74) is 6.12. The van der Waals surface area contributed by atoms with Gasteiger partial charge in [0.1, 0.15) is 6.67 Å². The molecular formula is C5H9N3. The zero-order valence-electron chi connectivity index (χ0n) is 4.83. The minimum absolute atomic E-state index is 0.721. The van der Waals surface area contributed by atoms with Gasteiger partial charge in [0.15, 0.2) is 0 Å². The Morgan fingerprint density at radius 1 is 1.88 bits per heavy atom. The molecule has 0 fully saturated rings. The Morgan fingerprint density at radius 2 is 2.62 bits per heavy atom. The average Bonchev–Trinajstić information content (AvgIpc) is 1.64. The van der Waals surface area contributed by atoms with Crippen LogP contribution in [0.15, 0.2) is 16.9 Å². The van der Waals surface area contributed by atoms with E-state index in [9.17, 15) is 0 Å². The standard InChI is InChI=1S/C5H9N3/c1-8-3-5(6)2-7-4-8/h2-3H,4,6H2,1H3. The highest BCUT2D eigenvalue weighted by molar-refractivity contribution is 5.77. The summed E-state index contributed by atoms with van der Waals surface area (Å²) in [6.07, 6.45) is 3.52. The lowest BCUT2D eigenvalue weighted by molar-refractivity contribution is 0.465. The van der Waals surface area contributed by atoms with E-state index in [2.05, 4.69) is 4.99 Å². The molecule has 1 aliphatic heterocycles. The Balaban J connectivity index is 2.63. The van der Waals surface area contributed by atoms with Gasteiger partial charge < -0.3 is 10.6 Å². The van der Waals surface area contributed by atoms with Crippen molar-refractivity contribution >= 4 is 6.21 Å². The van der Waals surface area contributed by atoms with E-state index in [-0.39, 0.29) is 0 Å². The van der Waals surface area contributed by atoms with Gasteiger partial charge in [-0.15, -0.1) is 0 Å². The van der Waals surface area contributed by atoms with E-state index in [0.717, 1.165) is 12.4 Å². The Labute approximate surface area is 48.5 Å². The number of allylic oxidation sites excluding steroid dienone is 1. The largest absolute Gasteiger partial charge is 0.396 e. The van der Waals surface area contributed by atoms with Crippen molar-refractivity contribution in [1.29, 1.82) is 0 Å². The monoisotopic (exact) mass is 111 g/mol. The number of hydrogen-bond acceptors (Lipinski definition) is 3. The molecule has 0 aromatic rings. The third-order valence-electron chi connectivity index (χ3n) is 0.915. The molecule has 0 spiro atoms. The third-order valence-corrected chi connectivity index (χ3v) is 0.915. The first-order chi connectivity index (χ1) is 3.79. The molecule has 0 saturated heterocycles. The van der Waals surface area contributed by atoms with Crippen molar-refractivity contribution in [2.45, 2.75) is 0 Å². The topological polar surface area (TPSA) is 41.6 Å². The van der Waals surface area contributed by atoms with Crippen LogP contribution in [0.4, 0.5) is 0 Å². The fraction of sp³-hybridized carbons (Fsp3) is 0.400. The summed E-state index contributed by atoms with van der Waals surface area (Å²) in [6.45, 7) is 0.723. The SMILES string of the molecule is CN1C=C(N)C=NC1. The van der Waals surface area contributed by atoms with E-state index in [1.165, 1.54) is 0 Å². The molecule has 3 heteroatoms. The van der Waals surface area contributed by atoms with Crippen LogP contribution in [0.2, 0.25) is 0 Å². The van der Waals surface area contributed by atoms with Gasteiger partial charge in [0.2, 0.25) is 0 Å². The van der Waals surface area contributed by atoms with Crippen LogP contribution in [0.5, 0.6) is 0 Å². The molecule has 0 aromatic heterocycles. The van der Waals surface area contributed by atoms with Crippen molar-refractivity contribution in [2.75, 3.05) is 13.7 Å². The van der Waals surface area contributed by atoms with E-state index in [4.69, 9.17) is 5.73 Å². The van der Waals surface area contributed by atoms with Crippen molar-refractivity contribution < 1.29 is 0 Å². The number of nitrogens with two attached hydrogens (primary N) is 1. The molecule has 3 nitrogen and oxygen atoms in total. The Hall–Kier alpha value is -0.990. The maximum Gasteiger partial charge on any atom is 0.109 e. The van der Waals surface area contributed by atoms with Crippen LogP contribution in [0, 0.1) is 0 Å². The van der Waals surface area contributed by atoms with Crippen LogP contribution in [-0.2, 0) is 0 Å². The van der Waals surface area contributed by atoms with Gasteiger partial charge in [-0.25, -0.2) is 0 Å². The van der Waals surface area contributed by atoms with Crippen molar-refractivity contribution in [3.8, 4) is 0 Å². The summed E-state index contributed by atoms with van der Waals surface area (Å²) < 4.78 is 0. The lowest BCUT2D eigenvalue weighted by Crippen LogP contribution is -2.18. The molecule has 44 valence electrons. The molecule has 0 amide bonds. The Kier molecular flexibility index (Phi) is 1.20. The smallest absolute Gasteiger partial charge is 0.109 e. The van der Waals surface area contributed by atoms with Crippen LogP contribution in [-0.4, -0.2) is 24.8 Å². The molecule has 0 saturated carbocycles. The molecule has 2 N–H and O–H groups in total. The summed E-state index contributed by atoms with van der Waals surface area (Å²) in [5.74, 6) is 0. The first-order valence-corrected chi connectivity index (χ1v) is 2.46. The van der Waals surface area contributed by atoms with Gasteiger partial charge >= 0.3 is 0 Å². The van der Waals surface area contributed by atoms with Crippen LogP contribution in [0.25, 0.3) is 0 Å². The molecule has 1 rings (SSSR count). The van der Waals surface area contributed by atoms with Crippen LogP contribution in [0.3, 0.4) is 0 Å². The molecular weight excluding hydrogens is 102 g/mol. The van der Waals surface area contributed by atoms with Gasteiger partial charge in [0.05, 0.1) is 5.70 Å². The summed E-state index contributed by atoms with van der Waals surface area (Å²) >= 11 is 0. The molecule has 0 aliphatic carbocycles. The van der Waals surface area contributed by atoms with Gasteiger partial charge in [-0.3, -0.25) is 4.99 Å². The van der Waals surface area contributed by atoms with Gasteiger partial charge in [-0.2, -0.15) is 0 Å². The van der Waals surface area contributed by atoms with E-state index in [1.54, 1.807) is 6.21 Å². The molecule has 0 atom stereocenters. The normalized spacial score (nSPS) is 18.6. The van der Waals surface area contributed by atoms with Gasteiger partial charge in [-0.1, -0.05) is 0 Å². The number of nitrogens with zero attached hydrogens (tertiary/aromatic N) is 2. The molecule has 0 aromatic carbocycles. The first-order valence-electron chi connectivity index (χ1n) is 2.46. The zero-order chi connectivity index (χ0) is 5.98. The van der Waals surface area contributed by atoms with Gasteiger partial charge in [-0.05, 0) is 0 Å². The van der Waals surface area contributed by atoms with Crippen molar-refractivity contribution in [2.24, 2.45) is 10.7 Å². The maximum atomic E-state index is 5.40. The van der Waals surface area contributed by atoms with E-state index < -0.39 is 0 Å². The van der Waals surface area contributed by atoms with Crippen molar-refractivity contribution in [1.82, 2.24) is 4.90 Å². The lowest BCUT2D eigenvalue weighted by atomic mass is 10.5. The van der Waals surface area contributed by atoms with Crippen LogP contribution in [0.1, 0.15) is 0 Å². The van der Waals surface area contributed by atoms with Gasteiger partial charge in [0.25, 0.3) is 0 Å². The molecule has 1 heterocycles. The third kappa shape index (κ3) is 0.992. The highest BCUT2D eigenvalue weighted by Crippen LogP contribution is 1.92. The second-order valence-electron chi connectivity index (χ2n) is 1.84. The second-order valence-corrected chi connectivity index (χ2v) is 1.84.